The number of halogens is 1. The van der Waals surface area contributed by atoms with Gasteiger partial charge in [-0.05, 0) is 18.0 Å². The molecule has 0 saturated carbocycles. The van der Waals surface area contributed by atoms with Crippen molar-refractivity contribution in [3.05, 3.63) is 5.28 Å². The van der Waals surface area contributed by atoms with Crippen molar-refractivity contribution in [3.63, 3.8) is 0 Å². The van der Waals surface area contributed by atoms with Crippen LogP contribution in [0.2, 0.25) is 5.28 Å². The predicted octanol–water partition coefficient (Wildman–Crippen LogP) is 2.25. The normalized spacial score (nSPS) is 11.4. The van der Waals surface area contributed by atoms with E-state index in [2.05, 4.69) is 53.7 Å². The molecule has 0 aliphatic heterocycles. The van der Waals surface area contributed by atoms with Crippen molar-refractivity contribution in [3.8, 4) is 0 Å². The van der Waals surface area contributed by atoms with Crippen molar-refractivity contribution >= 4 is 23.5 Å². The first-order valence-corrected chi connectivity index (χ1v) is 7.48. The molecule has 1 heterocycles. The van der Waals surface area contributed by atoms with Crippen LogP contribution in [0, 0.1) is 0 Å². The number of anilines is 2. The molecule has 6 nitrogen and oxygen atoms in total. The van der Waals surface area contributed by atoms with Crippen molar-refractivity contribution in [1.29, 1.82) is 0 Å². The summed E-state index contributed by atoms with van der Waals surface area (Å²) in [5, 5.41) is 6.56. The van der Waals surface area contributed by atoms with Crippen LogP contribution in [0.1, 0.15) is 26.2 Å². The predicted molar refractivity (Wildman–Crippen MR) is 84.2 cm³/mol. The Morgan fingerprint density at radius 2 is 1.50 bits per heavy atom. The number of hydrogen-bond acceptors (Lipinski definition) is 5. The van der Waals surface area contributed by atoms with Crippen LogP contribution in [0.15, 0.2) is 0 Å². The van der Waals surface area contributed by atoms with E-state index in [0.717, 1.165) is 43.4 Å². The zero-order valence-electron chi connectivity index (χ0n) is 12.9. The molecule has 0 bridgehead atoms. The third-order valence-electron chi connectivity index (χ3n) is 2.71. The zero-order valence-corrected chi connectivity index (χ0v) is 13.7. The highest BCUT2D eigenvalue weighted by Gasteiger charge is 2.07. The summed E-state index contributed by atoms with van der Waals surface area (Å²) in [5.41, 5.74) is 0. The Balaban J connectivity index is 2.44. The van der Waals surface area contributed by atoms with E-state index in [1.807, 2.05) is 0 Å². The molecular weight excluding hydrogens is 276 g/mol. The third-order valence-corrected chi connectivity index (χ3v) is 2.88. The highest BCUT2D eigenvalue weighted by molar-refractivity contribution is 6.28. The minimum Gasteiger partial charge on any atom is -0.354 e. The van der Waals surface area contributed by atoms with Gasteiger partial charge in [-0.2, -0.15) is 15.0 Å². The van der Waals surface area contributed by atoms with E-state index in [4.69, 9.17) is 11.6 Å². The fourth-order valence-corrected chi connectivity index (χ4v) is 1.80. The highest BCUT2D eigenvalue weighted by atomic mass is 35.5. The molecule has 0 aromatic carbocycles. The summed E-state index contributed by atoms with van der Waals surface area (Å²) in [6.07, 6.45) is 3.25. The molecule has 114 valence electrons. The van der Waals surface area contributed by atoms with Crippen molar-refractivity contribution < 1.29 is 4.48 Å². The van der Waals surface area contributed by atoms with Crippen molar-refractivity contribution in [2.45, 2.75) is 26.2 Å². The number of rotatable bonds is 9. The molecule has 0 saturated heterocycles. The Morgan fingerprint density at radius 1 is 0.950 bits per heavy atom. The molecule has 0 radical (unpaired) electrons. The fraction of sp³-hybridized carbons (Fsp3) is 0.769. The number of aromatic nitrogens is 3. The van der Waals surface area contributed by atoms with E-state index >= 15 is 0 Å². The maximum atomic E-state index is 5.90. The maximum absolute atomic E-state index is 5.90. The molecule has 0 aliphatic rings. The molecule has 20 heavy (non-hydrogen) atoms. The Kier molecular flexibility index (Phi) is 6.95. The Bertz CT molecular complexity index is 404. The summed E-state index contributed by atoms with van der Waals surface area (Å²) >= 11 is 5.90. The summed E-state index contributed by atoms with van der Waals surface area (Å²) in [4.78, 5) is 12.5. The summed E-state index contributed by atoms with van der Waals surface area (Å²) in [6, 6.07) is 0. The first-order valence-electron chi connectivity index (χ1n) is 7.10. The van der Waals surface area contributed by atoms with Crippen LogP contribution in [0.3, 0.4) is 0 Å². The first kappa shape index (κ1) is 16.9. The van der Waals surface area contributed by atoms with E-state index in [-0.39, 0.29) is 5.28 Å². The Hall–Kier alpha value is -1.14. The lowest BCUT2D eigenvalue weighted by Crippen LogP contribution is -2.36. The topological polar surface area (TPSA) is 62.7 Å². The summed E-state index contributed by atoms with van der Waals surface area (Å²) in [6.45, 7) is 4.90. The van der Waals surface area contributed by atoms with E-state index in [0.29, 0.717) is 11.9 Å². The number of quaternary nitrogens is 1. The monoisotopic (exact) mass is 301 g/mol. The van der Waals surface area contributed by atoms with E-state index in [9.17, 15) is 0 Å². The van der Waals surface area contributed by atoms with Crippen molar-refractivity contribution in [2.24, 2.45) is 0 Å². The largest absolute Gasteiger partial charge is 0.354 e. The van der Waals surface area contributed by atoms with Gasteiger partial charge in [-0.1, -0.05) is 13.3 Å². The number of nitrogens with zero attached hydrogens (tertiary/aromatic N) is 4. The second-order valence-electron chi connectivity index (χ2n) is 5.83. The standard InChI is InChI=1S/C13H26ClN6/c1-5-6-8-15-12-17-11(14)18-13(19-12)16-9-7-10-20(2,3)4/h5-10H2,1-4H3,(H2,15,16,17,18,19)/q+1. The second kappa shape index (κ2) is 8.21. The molecule has 7 heteroatoms. The van der Waals surface area contributed by atoms with Gasteiger partial charge in [0.15, 0.2) is 0 Å². The number of hydrogen-bond donors (Lipinski definition) is 2. The molecule has 0 fully saturated rings. The molecule has 1 aromatic heterocycles. The van der Waals surface area contributed by atoms with Gasteiger partial charge in [0, 0.05) is 19.5 Å². The quantitative estimate of drug-likeness (QED) is 0.541. The van der Waals surface area contributed by atoms with Crippen LogP contribution in [0.5, 0.6) is 0 Å². The fourth-order valence-electron chi connectivity index (χ4n) is 1.64. The minimum atomic E-state index is 0.216. The van der Waals surface area contributed by atoms with E-state index in [1.54, 1.807) is 0 Å². The van der Waals surface area contributed by atoms with Crippen LogP contribution in [0.25, 0.3) is 0 Å². The Morgan fingerprint density at radius 3 is 2.00 bits per heavy atom. The smallest absolute Gasteiger partial charge is 0.228 e. The summed E-state index contributed by atoms with van der Waals surface area (Å²) in [7, 11) is 6.53. The van der Waals surface area contributed by atoms with Crippen LogP contribution in [-0.2, 0) is 0 Å². The van der Waals surface area contributed by atoms with Crippen LogP contribution in [-0.4, -0.2) is 60.2 Å². The SMILES string of the molecule is CCCCNc1nc(Cl)nc(NCCC[N+](C)(C)C)n1. The average molecular weight is 302 g/mol. The second-order valence-corrected chi connectivity index (χ2v) is 6.16. The van der Waals surface area contributed by atoms with E-state index < -0.39 is 0 Å². The molecular formula is C13H26ClN6+. The van der Waals surface area contributed by atoms with Gasteiger partial charge >= 0.3 is 0 Å². The lowest BCUT2D eigenvalue weighted by molar-refractivity contribution is -0.870. The lowest BCUT2D eigenvalue weighted by atomic mass is 10.3. The maximum Gasteiger partial charge on any atom is 0.228 e. The number of unbranched alkanes of at least 4 members (excludes halogenated alkanes) is 1. The van der Waals surface area contributed by atoms with Gasteiger partial charge in [0.2, 0.25) is 17.2 Å². The highest BCUT2D eigenvalue weighted by Crippen LogP contribution is 2.09. The van der Waals surface area contributed by atoms with Gasteiger partial charge in [0.25, 0.3) is 0 Å². The molecule has 0 aliphatic carbocycles. The zero-order chi connectivity index (χ0) is 15.0. The van der Waals surface area contributed by atoms with Crippen LogP contribution >= 0.6 is 11.6 Å². The molecule has 1 aromatic rings. The lowest BCUT2D eigenvalue weighted by Gasteiger charge is -2.23. The molecule has 0 amide bonds. The van der Waals surface area contributed by atoms with Crippen molar-refractivity contribution in [2.75, 3.05) is 51.4 Å². The van der Waals surface area contributed by atoms with Gasteiger partial charge in [0.1, 0.15) is 0 Å². The van der Waals surface area contributed by atoms with Crippen molar-refractivity contribution in [1.82, 2.24) is 15.0 Å². The number of nitrogens with one attached hydrogen (secondary N) is 2. The Labute approximate surface area is 126 Å². The van der Waals surface area contributed by atoms with Gasteiger partial charge in [-0.15, -0.1) is 0 Å². The van der Waals surface area contributed by atoms with E-state index in [1.165, 1.54) is 0 Å². The minimum absolute atomic E-state index is 0.216. The van der Waals surface area contributed by atoms with Crippen LogP contribution in [0.4, 0.5) is 11.9 Å². The molecule has 0 atom stereocenters. The van der Waals surface area contributed by atoms with Gasteiger partial charge in [-0.3, -0.25) is 0 Å². The summed E-state index contributed by atoms with van der Waals surface area (Å²) in [5.74, 6) is 1.07. The van der Waals surface area contributed by atoms with Gasteiger partial charge < -0.3 is 15.1 Å². The first-order chi connectivity index (χ1) is 9.40. The van der Waals surface area contributed by atoms with Gasteiger partial charge in [0.05, 0.1) is 27.7 Å². The average Bonchev–Trinajstić information content (AvgIpc) is 2.33. The van der Waals surface area contributed by atoms with Crippen LogP contribution < -0.4 is 10.6 Å². The molecule has 0 unspecified atom stereocenters. The molecule has 2 N–H and O–H groups in total. The third kappa shape index (κ3) is 7.45. The molecule has 1 rings (SSSR count). The molecule has 0 spiro atoms. The van der Waals surface area contributed by atoms with Gasteiger partial charge in [-0.25, -0.2) is 0 Å². The summed E-state index contributed by atoms with van der Waals surface area (Å²) < 4.78 is 0.948.